The number of hydrogen-bond acceptors (Lipinski definition) is 3. The molecule has 1 aromatic rings. The molecule has 0 radical (unpaired) electrons. The maximum atomic E-state index is 5.92. The SMILES string of the molecule is Cc1cc(CCl)cc(N2CCN(C(C)C)CC2)n1. The van der Waals surface area contributed by atoms with E-state index in [9.17, 15) is 0 Å². The van der Waals surface area contributed by atoms with Crippen LogP contribution in [-0.4, -0.2) is 42.1 Å². The molecule has 4 heteroatoms. The molecular formula is C14H22ClN3. The molecule has 0 unspecified atom stereocenters. The lowest BCUT2D eigenvalue weighted by atomic mass is 10.2. The quantitative estimate of drug-likeness (QED) is 0.785. The highest BCUT2D eigenvalue weighted by atomic mass is 35.5. The second-order valence-corrected chi connectivity index (χ2v) is 5.49. The van der Waals surface area contributed by atoms with Crippen molar-refractivity contribution in [2.45, 2.75) is 32.7 Å². The van der Waals surface area contributed by atoms with Crippen LogP contribution in [0.3, 0.4) is 0 Å². The van der Waals surface area contributed by atoms with Crippen molar-refractivity contribution in [3.8, 4) is 0 Å². The van der Waals surface area contributed by atoms with Gasteiger partial charge in [0.15, 0.2) is 0 Å². The van der Waals surface area contributed by atoms with E-state index in [0.717, 1.165) is 43.3 Å². The van der Waals surface area contributed by atoms with Gasteiger partial charge in [0.25, 0.3) is 0 Å². The molecule has 100 valence electrons. The van der Waals surface area contributed by atoms with Crippen molar-refractivity contribution in [1.29, 1.82) is 0 Å². The van der Waals surface area contributed by atoms with Crippen molar-refractivity contribution in [2.24, 2.45) is 0 Å². The van der Waals surface area contributed by atoms with Gasteiger partial charge in [0.05, 0.1) is 0 Å². The van der Waals surface area contributed by atoms with Gasteiger partial charge in [0.2, 0.25) is 0 Å². The van der Waals surface area contributed by atoms with E-state index in [1.165, 1.54) is 0 Å². The van der Waals surface area contributed by atoms with E-state index < -0.39 is 0 Å². The van der Waals surface area contributed by atoms with Crippen molar-refractivity contribution in [3.63, 3.8) is 0 Å². The Morgan fingerprint density at radius 1 is 1.22 bits per heavy atom. The van der Waals surface area contributed by atoms with E-state index in [-0.39, 0.29) is 0 Å². The van der Waals surface area contributed by atoms with Crippen molar-refractivity contribution >= 4 is 17.4 Å². The molecule has 0 saturated carbocycles. The minimum absolute atomic E-state index is 0.558. The topological polar surface area (TPSA) is 19.4 Å². The molecule has 1 aliphatic rings. The van der Waals surface area contributed by atoms with Crippen LogP contribution in [0.2, 0.25) is 0 Å². The van der Waals surface area contributed by atoms with Crippen molar-refractivity contribution in [3.05, 3.63) is 23.4 Å². The van der Waals surface area contributed by atoms with Crippen LogP contribution in [0.4, 0.5) is 5.82 Å². The largest absolute Gasteiger partial charge is 0.354 e. The first kappa shape index (κ1) is 13.6. The number of alkyl halides is 1. The number of rotatable bonds is 3. The molecule has 0 spiro atoms. The highest BCUT2D eigenvalue weighted by Gasteiger charge is 2.19. The Kier molecular flexibility index (Phi) is 4.46. The zero-order valence-corrected chi connectivity index (χ0v) is 12.2. The Hall–Kier alpha value is -0.800. The van der Waals surface area contributed by atoms with Gasteiger partial charge in [-0.15, -0.1) is 11.6 Å². The minimum atomic E-state index is 0.558. The minimum Gasteiger partial charge on any atom is -0.354 e. The highest BCUT2D eigenvalue weighted by Crippen LogP contribution is 2.18. The average molecular weight is 268 g/mol. The van der Waals surface area contributed by atoms with Crippen molar-refractivity contribution < 1.29 is 0 Å². The maximum Gasteiger partial charge on any atom is 0.129 e. The van der Waals surface area contributed by atoms with E-state index in [0.29, 0.717) is 11.9 Å². The molecule has 1 aliphatic heterocycles. The number of anilines is 1. The standard InChI is InChI=1S/C14H22ClN3/c1-11(2)17-4-6-18(7-5-17)14-9-13(10-15)8-12(3)16-14/h8-9,11H,4-7,10H2,1-3H3. The summed E-state index contributed by atoms with van der Waals surface area (Å²) in [5.41, 5.74) is 2.21. The molecule has 0 bridgehead atoms. The number of hydrogen-bond donors (Lipinski definition) is 0. The molecule has 0 aromatic carbocycles. The number of halogens is 1. The zero-order chi connectivity index (χ0) is 13.1. The lowest BCUT2D eigenvalue weighted by molar-refractivity contribution is 0.209. The van der Waals surface area contributed by atoms with Crippen molar-refractivity contribution in [1.82, 2.24) is 9.88 Å². The molecule has 0 amide bonds. The summed E-state index contributed by atoms with van der Waals surface area (Å²) in [5, 5.41) is 0. The molecule has 1 saturated heterocycles. The first-order valence-electron chi connectivity index (χ1n) is 6.62. The predicted octanol–water partition coefficient (Wildman–Crippen LogP) is 2.66. The van der Waals surface area contributed by atoms with Gasteiger partial charge in [-0.3, -0.25) is 4.90 Å². The third-order valence-corrected chi connectivity index (χ3v) is 3.83. The van der Waals surface area contributed by atoms with E-state index in [1.54, 1.807) is 0 Å². The summed E-state index contributed by atoms with van der Waals surface area (Å²) in [5.74, 6) is 1.64. The van der Waals surface area contributed by atoms with Crippen LogP contribution in [0.25, 0.3) is 0 Å². The van der Waals surface area contributed by atoms with Crippen LogP contribution in [0.1, 0.15) is 25.1 Å². The Labute approximate surface area is 115 Å². The molecule has 2 rings (SSSR count). The summed E-state index contributed by atoms with van der Waals surface area (Å²) >= 11 is 5.92. The summed E-state index contributed by atoms with van der Waals surface area (Å²) in [4.78, 5) is 9.50. The smallest absolute Gasteiger partial charge is 0.129 e. The van der Waals surface area contributed by atoms with Gasteiger partial charge in [0.1, 0.15) is 5.82 Å². The molecule has 0 atom stereocenters. The molecule has 3 nitrogen and oxygen atoms in total. The number of piperazine rings is 1. The predicted molar refractivity (Wildman–Crippen MR) is 77.5 cm³/mol. The van der Waals surface area contributed by atoms with Gasteiger partial charge in [-0.05, 0) is 38.5 Å². The zero-order valence-electron chi connectivity index (χ0n) is 11.5. The van der Waals surface area contributed by atoms with E-state index in [1.807, 2.05) is 6.92 Å². The molecule has 0 aliphatic carbocycles. The van der Waals surface area contributed by atoms with Gasteiger partial charge in [-0.2, -0.15) is 0 Å². The summed E-state index contributed by atoms with van der Waals surface area (Å²) in [6, 6.07) is 4.81. The number of pyridine rings is 1. The van der Waals surface area contributed by atoms with Gasteiger partial charge in [-0.25, -0.2) is 4.98 Å². The normalized spacial score (nSPS) is 17.5. The molecule has 18 heavy (non-hydrogen) atoms. The summed E-state index contributed by atoms with van der Waals surface area (Å²) < 4.78 is 0. The Morgan fingerprint density at radius 2 is 1.89 bits per heavy atom. The van der Waals surface area contributed by atoms with Crippen LogP contribution < -0.4 is 4.90 Å². The Balaban J connectivity index is 2.07. The van der Waals surface area contributed by atoms with Gasteiger partial charge < -0.3 is 4.90 Å². The fourth-order valence-corrected chi connectivity index (χ4v) is 2.58. The maximum absolute atomic E-state index is 5.92. The molecular weight excluding hydrogens is 246 g/mol. The van der Waals surface area contributed by atoms with Gasteiger partial charge in [0, 0.05) is 43.8 Å². The van der Waals surface area contributed by atoms with Crippen LogP contribution in [0.15, 0.2) is 12.1 Å². The van der Waals surface area contributed by atoms with Crippen molar-refractivity contribution in [2.75, 3.05) is 31.1 Å². The molecule has 1 aromatic heterocycles. The molecule has 1 fully saturated rings. The first-order chi connectivity index (χ1) is 8.60. The lowest BCUT2D eigenvalue weighted by Crippen LogP contribution is -2.49. The average Bonchev–Trinajstić information content (AvgIpc) is 2.38. The lowest BCUT2D eigenvalue weighted by Gasteiger charge is -2.37. The Morgan fingerprint density at radius 3 is 2.44 bits per heavy atom. The monoisotopic (exact) mass is 267 g/mol. The van der Waals surface area contributed by atoms with E-state index in [2.05, 4.69) is 40.8 Å². The third kappa shape index (κ3) is 3.15. The fourth-order valence-electron chi connectivity index (χ4n) is 2.43. The number of aryl methyl sites for hydroxylation is 1. The first-order valence-corrected chi connectivity index (χ1v) is 7.16. The van der Waals surface area contributed by atoms with Crippen LogP contribution in [0.5, 0.6) is 0 Å². The van der Waals surface area contributed by atoms with Crippen LogP contribution in [-0.2, 0) is 5.88 Å². The van der Waals surface area contributed by atoms with Crippen LogP contribution in [0, 0.1) is 6.92 Å². The summed E-state index contributed by atoms with van der Waals surface area (Å²) in [6.45, 7) is 10.9. The van der Waals surface area contributed by atoms with Gasteiger partial charge >= 0.3 is 0 Å². The molecule has 2 heterocycles. The summed E-state index contributed by atoms with van der Waals surface area (Å²) in [7, 11) is 0. The third-order valence-electron chi connectivity index (χ3n) is 3.52. The van der Waals surface area contributed by atoms with E-state index >= 15 is 0 Å². The number of aromatic nitrogens is 1. The summed E-state index contributed by atoms with van der Waals surface area (Å²) in [6.07, 6.45) is 0. The fraction of sp³-hybridized carbons (Fsp3) is 0.643. The molecule has 0 N–H and O–H groups in total. The van der Waals surface area contributed by atoms with Crippen LogP contribution >= 0.6 is 11.6 Å². The highest BCUT2D eigenvalue weighted by molar-refractivity contribution is 6.17. The Bertz CT molecular complexity index is 398. The number of nitrogens with zero attached hydrogens (tertiary/aromatic N) is 3. The second-order valence-electron chi connectivity index (χ2n) is 5.23. The second kappa shape index (κ2) is 5.89. The van der Waals surface area contributed by atoms with Gasteiger partial charge in [-0.1, -0.05) is 0 Å². The van der Waals surface area contributed by atoms with E-state index in [4.69, 9.17) is 11.6 Å².